The van der Waals surface area contributed by atoms with E-state index in [0.29, 0.717) is 5.34 Å². The van der Waals surface area contributed by atoms with Gasteiger partial charge >= 0.3 is 8.11 Å². The first-order valence-corrected chi connectivity index (χ1v) is 6.30. The lowest BCUT2D eigenvalue weighted by atomic mass is 11.9. The minimum atomic E-state index is -0.156. The van der Waals surface area contributed by atoms with Gasteiger partial charge in [-0.3, -0.25) is 0 Å². The second-order valence-corrected chi connectivity index (χ2v) is 7.01. The third kappa shape index (κ3) is 4.80. The van der Waals surface area contributed by atoms with E-state index in [1.807, 2.05) is 0 Å². The van der Waals surface area contributed by atoms with Crippen molar-refractivity contribution in [3.63, 3.8) is 0 Å². The molecule has 0 nitrogen and oxygen atoms in total. The molecule has 0 saturated carbocycles. The SMILES string of the molecule is C[Si](C)[Cl+]CCl. The van der Waals surface area contributed by atoms with Crippen molar-refractivity contribution >= 4 is 19.7 Å². The van der Waals surface area contributed by atoms with E-state index < -0.39 is 0 Å². The predicted octanol–water partition coefficient (Wildman–Crippen LogP) is 1.52. The van der Waals surface area contributed by atoms with Crippen LogP contribution >= 0.6 is 11.6 Å². The zero-order valence-corrected chi connectivity index (χ0v) is 6.47. The Bertz CT molecular complexity index is 30.0. The third-order valence-corrected chi connectivity index (χ3v) is 3.77. The molecule has 0 heterocycles. The van der Waals surface area contributed by atoms with Crippen LogP contribution in [0.5, 0.6) is 0 Å². The number of alkyl halides is 2. The minimum absolute atomic E-state index is 0.156. The quantitative estimate of drug-likeness (QED) is 0.312. The van der Waals surface area contributed by atoms with Crippen LogP contribution in [0.1, 0.15) is 0 Å². The first-order chi connectivity index (χ1) is 2.77. The van der Waals surface area contributed by atoms with Crippen molar-refractivity contribution in [2.45, 2.75) is 13.1 Å². The summed E-state index contributed by atoms with van der Waals surface area (Å²) in [6, 6.07) is 0. The van der Waals surface area contributed by atoms with Crippen molar-refractivity contribution in [2.75, 3.05) is 5.34 Å². The summed E-state index contributed by atoms with van der Waals surface area (Å²) in [7, 11) is 2.10. The van der Waals surface area contributed by atoms with E-state index in [0.717, 1.165) is 0 Å². The summed E-state index contributed by atoms with van der Waals surface area (Å²) in [5.41, 5.74) is 0. The van der Waals surface area contributed by atoms with Gasteiger partial charge in [-0.1, -0.05) is 11.6 Å². The Morgan fingerprint density at radius 3 is 2.17 bits per heavy atom. The maximum Gasteiger partial charge on any atom is 0.425 e. The smallest absolute Gasteiger partial charge is 0.0591 e. The molecule has 0 spiro atoms. The van der Waals surface area contributed by atoms with Gasteiger partial charge in [0.05, 0.1) is 10.3 Å². The highest BCUT2D eigenvalue weighted by Crippen LogP contribution is 1.85. The molecule has 0 aromatic rings. The topological polar surface area (TPSA) is 0 Å². The first-order valence-electron chi connectivity index (χ1n) is 1.72. The van der Waals surface area contributed by atoms with Crippen LogP contribution in [0.4, 0.5) is 0 Å². The van der Waals surface area contributed by atoms with Gasteiger partial charge in [-0.15, -0.1) is 0 Å². The van der Waals surface area contributed by atoms with Crippen LogP contribution in [0, 0.1) is 10.3 Å². The Labute approximate surface area is 48.9 Å². The van der Waals surface area contributed by atoms with Gasteiger partial charge in [0.1, 0.15) is 0 Å². The Balaban J connectivity index is 2.63. The normalized spacial score (nSPS) is 10.0. The summed E-state index contributed by atoms with van der Waals surface area (Å²) in [5, 5.41) is 0.710. The van der Waals surface area contributed by atoms with Gasteiger partial charge in [-0.05, 0) is 13.1 Å². The molecular formula is C3H8Cl2Si+. The molecule has 37 valence electrons. The molecular weight excluding hydrogens is 135 g/mol. The second kappa shape index (κ2) is 3.97. The highest BCUT2D eigenvalue weighted by molar-refractivity contribution is 6.45. The van der Waals surface area contributed by atoms with Gasteiger partial charge in [0.25, 0.3) is 0 Å². The lowest BCUT2D eigenvalue weighted by molar-refractivity contribution is -0.500. The average Bonchev–Trinajstić information content (AvgIpc) is 1.35. The summed E-state index contributed by atoms with van der Waals surface area (Å²) >= 11 is 5.36. The van der Waals surface area contributed by atoms with Crippen molar-refractivity contribution in [3.8, 4) is 0 Å². The molecule has 0 aliphatic heterocycles. The molecule has 0 aliphatic carbocycles. The van der Waals surface area contributed by atoms with E-state index in [-0.39, 0.29) is 8.11 Å². The largest absolute Gasteiger partial charge is 0.425 e. The van der Waals surface area contributed by atoms with Crippen LogP contribution in [-0.4, -0.2) is 13.4 Å². The molecule has 0 aromatic heterocycles. The highest BCUT2D eigenvalue weighted by atomic mass is 35.6. The maximum absolute atomic E-state index is 5.36. The number of halogens is 2. The van der Waals surface area contributed by atoms with Crippen molar-refractivity contribution in [1.29, 1.82) is 0 Å². The molecule has 0 unspecified atom stereocenters. The highest BCUT2D eigenvalue weighted by Gasteiger charge is 2.11. The molecule has 0 N–H and O–H groups in total. The van der Waals surface area contributed by atoms with Gasteiger partial charge < -0.3 is 0 Å². The van der Waals surface area contributed by atoms with E-state index >= 15 is 0 Å². The van der Waals surface area contributed by atoms with E-state index in [2.05, 4.69) is 23.4 Å². The Morgan fingerprint density at radius 2 is 2.17 bits per heavy atom. The fourth-order valence-corrected chi connectivity index (χ4v) is 2.73. The minimum Gasteiger partial charge on any atom is -0.0591 e. The van der Waals surface area contributed by atoms with Gasteiger partial charge in [-0.25, -0.2) is 0 Å². The monoisotopic (exact) mass is 142 g/mol. The molecule has 0 fully saturated rings. The number of rotatable bonds is 2. The number of hydrogen-bond acceptors (Lipinski definition) is 0. The summed E-state index contributed by atoms with van der Waals surface area (Å²) in [6.45, 7) is 4.42. The summed E-state index contributed by atoms with van der Waals surface area (Å²) in [6.07, 6.45) is 0. The molecule has 0 bridgehead atoms. The van der Waals surface area contributed by atoms with Crippen LogP contribution < -0.4 is 0 Å². The average molecular weight is 143 g/mol. The van der Waals surface area contributed by atoms with Gasteiger partial charge in [0, 0.05) is 0 Å². The maximum atomic E-state index is 5.36. The molecule has 1 radical (unpaired) electrons. The molecule has 3 heteroatoms. The number of hydrogen-bond donors (Lipinski definition) is 0. The summed E-state index contributed by atoms with van der Waals surface area (Å²) in [4.78, 5) is 0. The molecule has 0 aliphatic rings. The van der Waals surface area contributed by atoms with Gasteiger partial charge in [0.2, 0.25) is 5.34 Å². The van der Waals surface area contributed by atoms with Crippen LogP contribution in [0.15, 0.2) is 0 Å². The molecule has 0 rings (SSSR count). The zero-order chi connectivity index (χ0) is 4.99. The van der Waals surface area contributed by atoms with Crippen LogP contribution in [0.2, 0.25) is 13.1 Å². The molecule has 0 saturated heterocycles. The van der Waals surface area contributed by atoms with Crippen molar-refractivity contribution < 1.29 is 10.3 Å². The van der Waals surface area contributed by atoms with Crippen LogP contribution in [0.25, 0.3) is 0 Å². The molecule has 0 atom stereocenters. The van der Waals surface area contributed by atoms with Crippen molar-refractivity contribution in [2.24, 2.45) is 0 Å². The lowest BCUT2D eigenvalue weighted by Crippen LogP contribution is -2.02. The van der Waals surface area contributed by atoms with Crippen LogP contribution in [0.3, 0.4) is 0 Å². The standard InChI is InChI=1S/C3H8Cl2Si/c1-6(2)5-3-4/h3H2,1-2H3/q+1. The van der Waals surface area contributed by atoms with Crippen molar-refractivity contribution in [1.82, 2.24) is 0 Å². The third-order valence-electron chi connectivity index (χ3n) is 0.318. The predicted molar refractivity (Wildman–Crippen MR) is 28.2 cm³/mol. The molecule has 0 aromatic carbocycles. The van der Waals surface area contributed by atoms with Gasteiger partial charge in [0.15, 0.2) is 0 Å². The van der Waals surface area contributed by atoms with Gasteiger partial charge in [-0.2, -0.15) is 0 Å². The summed E-state index contributed by atoms with van der Waals surface area (Å²) < 4.78 is 0. The fourth-order valence-electron chi connectivity index (χ4n) is 0.101. The van der Waals surface area contributed by atoms with E-state index in [9.17, 15) is 0 Å². The van der Waals surface area contributed by atoms with Crippen molar-refractivity contribution in [3.05, 3.63) is 0 Å². The Morgan fingerprint density at radius 1 is 1.67 bits per heavy atom. The van der Waals surface area contributed by atoms with E-state index in [4.69, 9.17) is 11.6 Å². The lowest BCUT2D eigenvalue weighted by Gasteiger charge is -1.72. The Hall–Kier alpha value is 0.797. The summed E-state index contributed by atoms with van der Waals surface area (Å²) in [5.74, 6) is 0. The molecule has 6 heavy (non-hydrogen) atoms. The Kier molecular flexibility index (Phi) is 4.50. The van der Waals surface area contributed by atoms with E-state index in [1.165, 1.54) is 0 Å². The second-order valence-electron chi connectivity index (χ2n) is 1.11. The van der Waals surface area contributed by atoms with Crippen LogP contribution in [-0.2, 0) is 0 Å². The molecule has 0 amide bonds. The zero-order valence-electron chi connectivity index (χ0n) is 3.96. The van der Waals surface area contributed by atoms with E-state index in [1.54, 1.807) is 0 Å². The first kappa shape index (κ1) is 6.80. The fraction of sp³-hybridized carbons (Fsp3) is 1.00.